The summed E-state index contributed by atoms with van der Waals surface area (Å²) >= 11 is 0. The van der Waals surface area contributed by atoms with E-state index in [1.165, 1.54) is 0 Å². The first-order valence-electron chi connectivity index (χ1n) is 7.78. The third kappa shape index (κ3) is 6.02. The normalized spacial score (nSPS) is 14.5. The summed E-state index contributed by atoms with van der Waals surface area (Å²) in [6.45, 7) is 10.1. The van der Waals surface area contributed by atoms with Crippen LogP contribution in [0.15, 0.2) is 24.4 Å². The molecular formula is C17H29N3O2. The van der Waals surface area contributed by atoms with Gasteiger partial charge in [-0.25, -0.2) is 4.79 Å². The highest BCUT2D eigenvalue weighted by Gasteiger charge is 2.23. The molecule has 5 heteroatoms. The van der Waals surface area contributed by atoms with Crippen LogP contribution in [0.5, 0.6) is 0 Å². The standard InChI is InChI=1S/C17H29N3O2/c1-12(2)15(14-9-7-8-10-18-14)20-16(21)19-13(3)11-17(4,5)22-6/h7-10,12-13,15H,11H2,1-6H3,(H2,19,20,21)/t13-,15-/m1/s1. The number of amides is 2. The van der Waals surface area contributed by atoms with E-state index in [1.54, 1.807) is 13.3 Å². The van der Waals surface area contributed by atoms with Gasteiger partial charge in [0, 0.05) is 19.3 Å². The second kappa shape index (κ2) is 8.13. The minimum Gasteiger partial charge on any atom is -0.379 e. The zero-order valence-corrected chi connectivity index (χ0v) is 14.5. The fourth-order valence-corrected chi connectivity index (χ4v) is 2.42. The number of ether oxygens (including phenoxy) is 1. The predicted octanol–water partition coefficient (Wildman–Crippen LogP) is 3.28. The number of nitrogens with zero attached hydrogens (tertiary/aromatic N) is 1. The Hall–Kier alpha value is -1.62. The molecule has 124 valence electrons. The third-order valence-corrected chi connectivity index (χ3v) is 3.69. The average molecular weight is 307 g/mol. The molecule has 0 fully saturated rings. The molecule has 0 bridgehead atoms. The maximum atomic E-state index is 12.2. The maximum absolute atomic E-state index is 12.2. The molecule has 2 N–H and O–H groups in total. The molecule has 0 radical (unpaired) electrons. The van der Waals surface area contributed by atoms with E-state index in [-0.39, 0.29) is 29.6 Å². The van der Waals surface area contributed by atoms with Gasteiger partial charge in [-0.1, -0.05) is 19.9 Å². The SMILES string of the molecule is COC(C)(C)C[C@@H](C)NC(=O)N[C@@H](c1ccccn1)C(C)C. The first-order valence-corrected chi connectivity index (χ1v) is 7.78. The molecule has 2 amide bonds. The summed E-state index contributed by atoms with van der Waals surface area (Å²) < 4.78 is 5.40. The number of carbonyl (C=O) groups is 1. The summed E-state index contributed by atoms with van der Waals surface area (Å²) in [4.78, 5) is 16.6. The highest BCUT2D eigenvalue weighted by molar-refractivity contribution is 5.74. The zero-order chi connectivity index (χ0) is 16.8. The Morgan fingerprint density at radius 1 is 1.27 bits per heavy atom. The molecule has 1 rings (SSSR count). The van der Waals surface area contributed by atoms with E-state index in [0.29, 0.717) is 0 Å². The van der Waals surface area contributed by atoms with Crippen molar-refractivity contribution in [3.8, 4) is 0 Å². The lowest BCUT2D eigenvalue weighted by molar-refractivity contribution is 0.00946. The average Bonchev–Trinajstić information content (AvgIpc) is 2.44. The van der Waals surface area contributed by atoms with Crippen LogP contribution in [0.25, 0.3) is 0 Å². The first kappa shape index (κ1) is 18.4. The lowest BCUT2D eigenvalue weighted by Crippen LogP contribution is -2.46. The number of nitrogens with one attached hydrogen (secondary N) is 2. The Labute approximate surface area is 133 Å². The van der Waals surface area contributed by atoms with Gasteiger partial charge in [-0.3, -0.25) is 4.98 Å². The molecule has 0 unspecified atom stereocenters. The Balaban J connectivity index is 2.62. The van der Waals surface area contributed by atoms with Crippen LogP contribution >= 0.6 is 0 Å². The molecule has 0 aliphatic heterocycles. The topological polar surface area (TPSA) is 63.2 Å². The summed E-state index contributed by atoms with van der Waals surface area (Å²) in [7, 11) is 1.68. The van der Waals surface area contributed by atoms with Crippen LogP contribution in [-0.4, -0.2) is 29.8 Å². The number of carbonyl (C=O) groups excluding carboxylic acids is 1. The lowest BCUT2D eigenvalue weighted by atomic mass is 9.99. The first-order chi connectivity index (χ1) is 10.2. The van der Waals surface area contributed by atoms with Crippen molar-refractivity contribution in [3.63, 3.8) is 0 Å². The van der Waals surface area contributed by atoms with Gasteiger partial charge in [0.15, 0.2) is 0 Å². The van der Waals surface area contributed by atoms with Gasteiger partial charge in [0.2, 0.25) is 0 Å². The number of hydrogen-bond acceptors (Lipinski definition) is 3. The van der Waals surface area contributed by atoms with E-state index in [2.05, 4.69) is 29.5 Å². The van der Waals surface area contributed by atoms with Crippen LogP contribution in [0, 0.1) is 5.92 Å². The van der Waals surface area contributed by atoms with Crippen molar-refractivity contribution in [1.29, 1.82) is 0 Å². The smallest absolute Gasteiger partial charge is 0.315 e. The van der Waals surface area contributed by atoms with Gasteiger partial charge < -0.3 is 15.4 Å². The van der Waals surface area contributed by atoms with Crippen LogP contribution in [0.1, 0.15) is 52.8 Å². The summed E-state index contributed by atoms with van der Waals surface area (Å²) in [5.74, 6) is 0.256. The summed E-state index contributed by atoms with van der Waals surface area (Å²) in [6, 6.07) is 5.47. The Bertz CT molecular complexity index is 460. The molecule has 0 spiro atoms. The van der Waals surface area contributed by atoms with E-state index < -0.39 is 0 Å². The van der Waals surface area contributed by atoms with E-state index in [1.807, 2.05) is 39.0 Å². The van der Waals surface area contributed by atoms with Gasteiger partial charge in [0.05, 0.1) is 17.3 Å². The fourth-order valence-electron chi connectivity index (χ4n) is 2.42. The monoisotopic (exact) mass is 307 g/mol. The molecular weight excluding hydrogens is 278 g/mol. The fraction of sp³-hybridized carbons (Fsp3) is 0.647. The zero-order valence-electron chi connectivity index (χ0n) is 14.5. The summed E-state index contributed by atoms with van der Waals surface area (Å²) in [6.07, 6.45) is 2.49. The molecule has 0 aromatic carbocycles. The number of rotatable bonds is 7. The van der Waals surface area contributed by atoms with Crippen molar-refractivity contribution in [3.05, 3.63) is 30.1 Å². The number of methoxy groups -OCH3 is 1. The van der Waals surface area contributed by atoms with Crippen LogP contribution in [0.3, 0.4) is 0 Å². The number of hydrogen-bond donors (Lipinski definition) is 2. The predicted molar refractivity (Wildman–Crippen MR) is 88.7 cm³/mol. The van der Waals surface area contributed by atoms with Crippen LogP contribution in [0.4, 0.5) is 4.79 Å². The molecule has 5 nitrogen and oxygen atoms in total. The van der Waals surface area contributed by atoms with Crippen LogP contribution in [0.2, 0.25) is 0 Å². The largest absolute Gasteiger partial charge is 0.379 e. The quantitative estimate of drug-likeness (QED) is 0.812. The molecule has 1 aromatic rings. The van der Waals surface area contributed by atoms with Gasteiger partial charge in [0.25, 0.3) is 0 Å². The molecule has 0 aliphatic rings. The van der Waals surface area contributed by atoms with E-state index in [0.717, 1.165) is 12.1 Å². The molecule has 0 saturated heterocycles. The lowest BCUT2D eigenvalue weighted by Gasteiger charge is -2.28. The molecule has 1 aromatic heterocycles. The van der Waals surface area contributed by atoms with Crippen LogP contribution in [-0.2, 0) is 4.74 Å². The minimum absolute atomic E-state index is 0.0199. The van der Waals surface area contributed by atoms with Crippen molar-refractivity contribution < 1.29 is 9.53 Å². The molecule has 0 saturated carbocycles. The van der Waals surface area contributed by atoms with Gasteiger partial charge in [-0.15, -0.1) is 0 Å². The second-order valence-electron chi connectivity index (χ2n) is 6.66. The highest BCUT2D eigenvalue weighted by atomic mass is 16.5. The molecule has 1 heterocycles. The van der Waals surface area contributed by atoms with E-state index in [9.17, 15) is 4.79 Å². The van der Waals surface area contributed by atoms with Crippen LogP contribution < -0.4 is 10.6 Å². The summed E-state index contributed by atoms with van der Waals surface area (Å²) in [5, 5.41) is 5.98. The number of aromatic nitrogens is 1. The van der Waals surface area contributed by atoms with Crippen molar-refractivity contribution in [1.82, 2.24) is 15.6 Å². The highest BCUT2D eigenvalue weighted by Crippen LogP contribution is 2.19. The van der Waals surface area contributed by atoms with Crippen molar-refractivity contribution >= 4 is 6.03 Å². The van der Waals surface area contributed by atoms with Gasteiger partial charge in [0.1, 0.15) is 0 Å². The molecule has 22 heavy (non-hydrogen) atoms. The van der Waals surface area contributed by atoms with Gasteiger partial charge >= 0.3 is 6.03 Å². The van der Waals surface area contributed by atoms with Gasteiger partial charge in [-0.05, 0) is 45.2 Å². The number of pyridine rings is 1. The Kier molecular flexibility index (Phi) is 6.81. The van der Waals surface area contributed by atoms with Crippen molar-refractivity contribution in [2.45, 2.75) is 58.7 Å². The Morgan fingerprint density at radius 3 is 2.45 bits per heavy atom. The van der Waals surface area contributed by atoms with E-state index >= 15 is 0 Å². The Morgan fingerprint density at radius 2 is 1.95 bits per heavy atom. The molecule has 2 atom stereocenters. The summed E-state index contributed by atoms with van der Waals surface area (Å²) in [5.41, 5.74) is 0.614. The third-order valence-electron chi connectivity index (χ3n) is 3.69. The second-order valence-corrected chi connectivity index (χ2v) is 6.66. The maximum Gasteiger partial charge on any atom is 0.315 e. The molecule has 0 aliphatic carbocycles. The van der Waals surface area contributed by atoms with Crippen molar-refractivity contribution in [2.75, 3.05) is 7.11 Å². The van der Waals surface area contributed by atoms with E-state index in [4.69, 9.17) is 4.74 Å². The van der Waals surface area contributed by atoms with Gasteiger partial charge in [-0.2, -0.15) is 0 Å². The number of urea groups is 1. The minimum atomic E-state index is -0.259. The van der Waals surface area contributed by atoms with Crippen molar-refractivity contribution in [2.24, 2.45) is 5.92 Å².